The van der Waals surface area contributed by atoms with E-state index < -0.39 is 26.1 Å². The third-order valence-electron chi connectivity index (χ3n) is 2.81. The highest BCUT2D eigenvalue weighted by Gasteiger charge is 2.46. The van der Waals surface area contributed by atoms with Crippen molar-refractivity contribution in [1.29, 1.82) is 0 Å². The highest BCUT2D eigenvalue weighted by atomic mass is 127. The van der Waals surface area contributed by atoms with E-state index in [1.54, 1.807) is 18.2 Å². The second-order valence-corrected chi connectivity index (χ2v) is 7.62. The second kappa shape index (κ2) is 6.48. The Morgan fingerprint density at radius 1 is 1.04 bits per heavy atom. The number of anilines is 1. The number of carbonyl (C=O) groups is 1. The summed E-state index contributed by atoms with van der Waals surface area (Å²) < 4.78 is 60.7. The molecule has 0 heterocycles. The predicted octanol–water partition coefficient (Wildman–Crippen LogP) is 3.84. The molecule has 0 atom stereocenters. The normalized spacial score (nSPS) is 12.0. The molecule has 1 N–H and O–H groups in total. The van der Waals surface area contributed by atoms with Crippen LogP contribution in [0.3, 0.4) is 0 Å². The number of sulfone groups is 1. The van der Waals surface area contributed by atoms with E-state index >= 15 is 0 Å². The first kappa shape index (κ1) is 17.7. The Kier molecular flexibility index (Phi) is 4.99. The Labute approximate surface area is 143 Å². The molecule has 0 aliphatic carbocycles. The molecule has 2 aromatic carbocycles. The zero-order chi connectivity index (χ0) is 17.3. The van der Waals surface area contributed by atoms with Gasteiger partial charge < -0.3 is 5.32 Å². The maximum atomic E-state index is 12.4. The average Bonchev–Trinajstić information content (AvgIpc) is 2.46. The van der Waals surface area contributed by atoms with Crippen molar-refractivity contribution < 1.29 is 26.4 Å². The van der Waals surface area contributed by atoms with Crippen LogP contribution in [-0.4, -0.2) is 19.8 Å². The quantitative estimate of drug-likeness (QED) is 0.716. The lowest BCUT2D eigenvalue weighted by atomic mass is 10.2. The molecule has 0 unspecified atom stereocenters. The SMILES string of the molecule is O=C(Nc1cccc(I)c1)c1ccc(S(=O)(=O)C(F)(F)F)cc1. The fourth-order valence-electron chi connectivity index (χ4n) is 1.69. The summed E-state index contributed by atoms with van der Waals surface area (Å²) in [4.78, 5) is 11.1. The molecule has 122 valence electrons. The maximum Gasteiger partial charge on any atom is 0.501 e. The molecule has 0 aliphatic rings. The van der Waals surface area contributed by atoms with Crippen molar-refractivity contribution in [2.24, 2.45) is 0 Å². The van der Waals surface area contributed by atoms with E-state index in [2.05, 4.69) is 27.9 Å². The van der Waals surface area contributed by atoms with Crippen LogP contribution >= 0.6 is 22.6 Å². The van der Waals surface area contributed by atoms with Gasteiger partial charge in [-0.05, 0) is 65.1 Å². The molecule has 4 nitrogen and oxygen atoms in total. The largest absolute Gasteiger partial charge is 0.501 e. The summed E-state index contributed by atoms with van der Waals surface area (Å²) in [7, 11) is -5.42. The van der Waals surface area contributed by atoms with Gasteiger partial charge in [0.15, 0.2) is 0 Å². The van der Waals surface area contributed by atoms with Gasteiger partial charge in [-0.15, -0.1) is 0 Å². The number of rotatable bonds is 3. The molecule has 9 heteroatoms. The number of hydrogen-bond donors (Lipinski definition) is 1. The van der Waals surface area contributed by atoms with Crippen LogP contribution in [-0.2, 0) is 9.84 Å². The van der Waals surface area contributed by atoms with Gasteiger partial charge in [-0.25, -0.2) is 8.42 Å². The van der Waals surface area contributed by atoms with Gasteiger partial charge in [0.05, 0.1) is 4.90 Å². The summed E-state index contributed by atoms with van der Waals surface area (Å²) in [6.45, 7) is 0. The Hall–Kier alpha value is -1.62. The molecule has 0 aromatic heterocycles. The molecule has 23 heavy (non-hydrogen) atoms. The monoisotopic (exact) mass is 455 g/mol. The smallest absolute Gasteiger partial charge is 0.322 e. The third-order valence-corrected chi connectivity index (χ3v) is 4.99. The van der Waals surface area contributed by atoms with Gasteiger partial charge >= 0.3 is 5.51 Å². The van der Waals surface area contributed by atoms with Crippen LogP contribution in [0.2, 0.25) is 0 Å². The lowest BCUT2D eigenvalue weighted by Gasteiger charge is -2.09. The molecule has 0 radical (unpaired) electrons. The molecule has 0 saturated heterocycles. The predicted molar refractivity (Wildman–Crippen MR) is 86.8 cm³/mol. The van der Waals surface area contributed by atoms with Crippen LogP contribution in [0.1, 0.15) is 10.4 Å². The minimum absolute atomic E-state index is 0.0463. The zero-order valence-electron chi connectivity index (χ0n) is 11.3. The molecular weight excluding hydrogens is 446 g/mol. The van der Waals surface area contributed by atoms with Crippen molar-refractivity contribution in [2.75, 3.05) is 5.32 Å². The van der Waals surface area contributed by atoms with E-state index in [-0.39, 0.29) is 5.56 Å². The fourth-order valence-corrected chi connectivity index (χ4v) is 2.99. The van der Waals surface area contributed by atoms with Crippen molar-refractivity contribution in [1.82, 2.24) is 0 Å². The number of alkyl halides is 3. The first-order valence-electron chi connectivity index (χ1n) is 6.09. The highest BCUT2D eigenvalue weighted by Crippen LogP contribution is 2.30. The van der Waals surface area contributed by atoms with Gasteiger partial charge in [0.2, 0.25) is 0 Å². The van der Waals surface area contributed by atoms with Gasteiger partial charge in [0, 0.05) is 14.8 Å². The molecule has 0 fully saturated rings. The number of halogens is 4. The maximum absolute atomic E-state index is 12.4. The van der Waals surface area contributed by atoms with Gasteiger partial charge in [-0.2, -0.15) is 13.2 Å². The number of amides is 1. The Morgan fingerprint density at radius 3 is 2.17 bits per heavy atom. The zero-order valence-corrected chi connectivity index (χ0v) is 14.2. The highest BCUT2D eigenvalue weighted by molar-refractivity contribution is 14.1. The van der Waals surface area contributed by atoms with Crippen LogP contribution in [0.4, 0.5) is 18.9 Å². The standard InChI is InChI=1S/C14H9F3INO3S/c15-14(16,17)23(21,22)12-6-4-9(5-7-12)13(20)19-11-3-1-2-10(18)8-11/h1-8H,(H,19,20). The van der Waals surface area contributed by atoms with Crippen LogP contribution in [0, 0.1) is 3.57 Å². The topological polar surface area (TPSA) is 63.2 Å². The summed E-state index contributed by atoms with van der Waals surface area (Å²) in [6, 6.07) is 10.5. The van der Waals surface area contributed by atoms with Gasteiger partial charge in [0.1, 0.15) is 0 Å². The summed E-state index contributed by atoms with van der Waals surface area (Å²) in [5, 5.41) is 2.57. The molecule has 0 bridgehead atoms. The van der Waals surface area contributed by atoms with Crippen molar-refractivity contribution in [3.8, 4) is 0 Å². The number of benzene rings is 2. The van der Waals surface area contributed by atoms with Crippen LogP contribution in [0.5, 0.6) is 0 Å². The van der Waals surface area contributed by atoms with Gasteiger partial charge in [0.25, 0.3) is 15.7 Å². The van der Waals surface area contributed by atoms with Crippen LogP contribution < -0.4 is 5.32 Å². The van der Waals surface area contributed by atoms with Crippen LogP contribution in [0.15, 0.2) is 53.4 Å². The number of hydrogen-bond acceptors (Lipinski definition) is 3. The lowest BCUT2D eigenvalue weighted by Crippen LogP contribution is -2.23. The fraction of sp³-hybridized carbons (Fsp3) is 0.0714. The van der Waals surface area contributed by atoms with E-state index in [1.165, 1.54) is 0 Å². The summed E-state index contributed by atoms with van der Waals surface area (Å²) in [6.07, 6.45) is 0. The van der Waals surface area contributed by atoms with Crippen molar-refractivity contribution in [3.05, 3.63) is 57.7 Å². The Bertz CT molecular complexity index is 833. The van der Waals surface area contributed by atoms with E-state index in [9.17, 15) is 26.4 Å². The third kappa shape index (κ3) is 4.02. The molecule has 0 saturated carbocycles. The van der Waals surface area contributed by atoms with E-state index in [0.29, 0.717) is 5.69 Å². The minimum atomic E-state index is -5.42. The molecule has 2 aromatic rings. The summed E-state index contributed by atoms with van der Waals surface area (Å²) in [5.41, 5.74) is -4.81. The van der Waals surface area contributed by atoms with Crippen LogP contribution in [0.25, 0.3) is 0 Å². The van der Waals surface area contributed by atoms with Crippen molar-refractivity contribution >= 4 is 44.0 Å². The number of carbonyl (C=O) groups excluding carboxylic acids is 1. The van der Waals surface area contributed by atoms with E-state index in [4.69, 9.17) is 0 Å². The molecule has 0 aliphatic heterocycles. The summed E-state index contributed by atoms with van der Waals surface area (Å²) >= 11 is 2.06. The lowest BCUT2D eigenvalue weighted by molar-refractivity contribution is -0.0436. The van der Waals surface area contributed by atoms with Crippen molar-refractivity contribution in [2.45, 2.75) is 10.4 Å². The number of nitrogens with one attached hydrogen (secondary N) is 1. The Balaban J connectivity index is 2.21. The molecular formula is C14H9F3INO3S. The first-order chi connectivity index (χ1) is 10.6. The molecule has 1 amide bonds. The second-order valence-electron chi connectivity index (χ2n) is 4.44. The van der Waals surface area contributed by atoms with E-state index in [0.717, 1.165) is 27.8 Å². The average molecular weight is 455 g/mol. The van der Waals surface area contributed by atoms with Crippen molar-refractivity contribution in [3.63, 3.8) is 0 Å². The van der Waals surface area contributed by atoms with E-state index in [1.807, 2.05) is 6.07 Å². The molecule has 2 rings (SSSR count). The molecule has 0 spiro atoms. The van der Waals surface area contributed by atoms with Gasteiger partial charge in [-0.1, -0.05) is 6.07 Å². The first-order valence-corrected chi connectivity index (χ1v) is 8.66. The van der Waals surface area contributed by atoms with Gasteiger partial charge in [-0.3, -0.25) is 4.79 Å². The summed E-state index contributed by atoms with van der Waals surface area (Å²) in [5.74, 6) is -0.553. The minimum Gasteiger partial charge on any atom is -0.322 e. The Morgan fingerprint density at radius 2 is 1.65 bits per heavy atom.